The van der Waals surface area contributed by atoms with E-state index in [4.69, 9.17) is 0 Å². The molecule has 0 saturated heterocycles. The van der Waals surface area contributed by atoms with E-state index in [-0.39, 0.29) is 5.56 Å². The maximum absolute atomic E-state index is 12.2. The maximum atomic E-state index is 12.2. The molecule has 1 atom stereocenters. The fraction of sp³-hybridized carbons (Fsp3) is 0.300. The largest absolute Gasteiger partial charge is 0.523 e. The first kappa shape index (κ1) is 15.4. The van der Waals surface area contributed by atoms with E-state index in [0.717, 1.165) is 6.92 Å². The zero-order valence-electron chi connectivity index (χ0n) is 9.55. The van der Waals surface area contributed by atoms with Gasteiger partial charge in [-0.15, -0.1) is 0 Å². The van der Waals surface area contributed by atoms with Gasteiger partial charge in [-0.3, -0.25) is 4.79 Å². The van der Waals surface area contributed by atoms with Crippen LogP contribution in [0.3, 0.4) is 0 Å². The second-order valence-electron chi connectivity index (χ2n) is 3.35. The van der Waals surface area contributed by atoms with E-state index in [1.165, 1.54) is 24.3 Å². The highest BCUT2D eigenvalue weighted by atomic mass is 32.2. The summed E-state index contributed by atoms with van der Waals surface area (Å²) in [6.45, 7) is 0.916. The number of alkyl halides is 3. The Hall–Kier alpha value is -1.61. The first-order valence-electron chi connectivity index (χ1n) is 4.85. The monoisotopic (exact) mass is 298 g/mol. The highest BCUT2D eigenvalue weighted by molar-refractivity contribution is 7.87. The molecule has 0 amide bonds. The Morgan fingerprint density at radius 1 is 1.21 bits per heavy atom. The summed E-state index contributed by atoms with van der Waals surface area (Å²) in [5.74, 6) is -0.980. The quantitative estimate of drug-likeness (QED) is 0.368. The fourth-order valence-electron chi connectivity index (χ4n) is 1.07. The average Bonchev–Trinajstić information content (AvgIpc) is 2.27. The number of halogens is 3. The summed E-state index contributed by atoms with van der Waals surface area (Å²) in [5, 5.41) is 0. The molecular formula is C10H9F3O5S. The van der Waals surface area contributed by atoms with Gasteiger partial charge in [-0.25, -0.2) is 4.18 Å². The first-order chi connectivity index (χ1) is 8.63. The summed E-state index contributed by atoms with van der Waals surface area (Å²) in [4.78, 5) is 10.8. The van der Waals surface area contributed by atoms with Crippen molar-refractivity contribution in [1.29, 1.82) is 0 Å². The summed E-state index contributed by atoms with van der Waals surface area (Å²) >= 11 is 0. The lowest BCUT2D eigenvalue weighted by atomic mass is 10.2. The van der Waals surface area contributed by atoms with Gasteiger partial charge < -0.3 is 4.74 Å². The first-order valence-corrected chi connectivity index (χ1v) is 6.26. The van der Waals surface area contributed by atoms with Crippen LogP contribution in [0, 0.1) is 0 Å². The third-order valence-corrected chi connectivity index (χ3v) is 2.84. The molecule has 0 aromatic heterocycles. The second-order valence-corrected chi connectivity index (χ2v) is 4.91. The van der Waals surface area contributed by atoms with E-state index in [1.54, 1.807) is 6.07 Å². The summed E-state index contributed by atoms with van der Waals surface area (Å²) < 4.78 is 66.7. The standard InChI is InChI=1S/C10H9F3O5S/c1-7(14)17-9(8-5-3-2-4-6-8)18-19(15,16)10(11,12)13/h2-6,9H,1H3. The molecule has 0 aliphatic carbocycles. The van der Waals surface area contributed by atoms with Crippen LogP contribution in [0.5, 0.6) is 0 Å². The average molecular weight is 298 g/mol. The molecule has 0 N–H and O–H groups in total. The van der Waals surface area contributed by atoms with Crippen LogP contribution in [-0.2, 0) is 23.8 Å². The molecule has 1 unspecified atom stereocenters. The Labute approximate surface area is 107 Å². The van der Waals surface area contributed by atoms with Crippen molar-refractivity contribution < 1.29 is 35.3 Å². The van der Waals surface area contributed by atoms with Gasteiger partial charge in [0.15, 0.2) is 0 Å². The third-order valence-electron chi connectivity index (χ3n) is 1.84. The Morgan fingerprint density at radius 2 is 1.74 bits per heavy atom. The Bertz CT molecular complexity index is 538. The summed E-state index contributed by atoms with van der Waals surface area (Å²) in [6, 6.07) is 6.93. The maximum Gasteiger partial charge on any atom is 0.523 e. The van der Waals surface area contributed by atoms with E-state index in [1.807, 2.05) is 0 Å². The number of hydrogen-bond acceptors (Lipinski definition) is 5. The summed E-state index contributed by atoms with van der Waals surface area (Å²) in [5.41, 5.74) is -5.63. The number of benzene rings is 1. The Kier molecular flexibility index (Phi) is 4.53. The number of rotatable bonds is 4. The van der Waals surface area contributed by atoms with Gasteiger partial charge in [-0.05, 0) is 0 Å². The molecule has 19 heavy (non-hydrogen) atoms. The smallest absolute Gasteiger partial charge is 0.430 e. The highest BCUT2D eigenvalue weighted by Crippen LogP contribution is 2.30. The van der Waals surface area contributed by atoms with Gasteiger partial charge in [0.1, 0.15) is 0 Å². The van der Waals surface area contributed by atoms with Gasteiger partial charge in [0.05, 0.1) is 0 Å². The normalized spacial score (nSPS) is 13.9. The number of carbonyl (C=O) groups excluding carboxylic acids is 1. The van der Waals surface area contributed by atoms with Gasteiger partial charge in [0, 0.05) is 12.5 Å². The fourth-order valence-corrected chi connectivity index (χ4v) is 1.56. The molecule has 1 aromatic rings. The van der Waals surface area contributed by atoms with E-state index in [2.05, 4.69) is 8.92 Å². The highest BCUT2D eigenvalue weighted by Gasteiger charge is 2.49. The van der Waals surface area contributed by atoms with Crippen LogP contribution in [0.15, 0.2) is 30.3 Å². The van der Waals surface area contributed by atoms with Gasteiger partial charge in [-0.2, -0.15) is 21.6 Å². The van der Waals surface area contributed by atoms with E-state index < -0.39 is 27.9 Å². The predicted molar refractivity (Wildman–Crippen MR) is 57.0 cm³/mol. The molecule has 1 aromatic carbocycles. The second kappa shape index (κ2) is 5.57. The van der Waals surface area contributed by atoms with Gasteiger partial charge in [-0.1, -0.05) is 30.3 Å². The molecule has 0 heterocycles. The zero-order chi connectivity index (χ0) is 14.7. The minimum Gasteiger partial charge on any atom is -0.430 e. The molecule has 0 aliphatic rings. The molecule has 0 spiro atoms. The van der Waals surface area contributed by atoms with Crippen molar-refractivity contribution in [2.75, 3.05) is 0 Å². The number of carbonyl (C=O) groups is 1. The van der Waals surface area contributed by atoms with E-state index in [9.17, 15) is 26.4 Å². The van der Waals surface area contributed by atoms with Crippen molar-refractivity contribution in [2.24, 2.45) is 0 Å². The van der Waals surface area contributed by atoms with Gasteiger partial charge in [0.25, 0.3) is 0 Å². The lowest BCUT2D eigenvalue weighted by Crippen LogP contribution is -2.28. The number of esters is 1. The van der Waals surface area contributed by atoms with Crippen molar-refractivity contribution in [1.82, 2.24) is 0 Å². The minimum absolute atomic E-state index is 0.0366. The molecule has 0 fully saturated rings. The zero-order valence-corrected chi connectivity index (χ0v) is 10.4. The Balaban J connectivity index is 3.04. The van der Waals surface area contributed by atoms with Crippen molar-refractivity contribution in [3.63, 3.8) is 0 Å². The van der Waals surface area contributed by atoms with Crippen LogP contribution < -0.4 is 0 Å². The van der Waals surface area contributed by atoms with Gasteiger partial charge >= 0.3 is 21.6 Å². The molecule has 106 valence electrons. The SMILES string of the molecule is CC(=O)OC(OS(=O)(=O)C(F)(F)F)c1ccccc1. The molecule has 0 saturated carbocycles. The van der Waals surface area contributed by atoms with E-state index in [0.29, 0.717) is 0 Å². The van der Waals surface area contributed by atoms with Crippen LogP contribution in [0.4, 0.5) is 13.2 Å². The molecule has 0 bridgehead atoms. The lowest BCUT2D eigenvalue weighted by molar-refractivity contribution is -0.164. The van der Waals surface area contributed by atoms with Crippen LogP contribution in [0.1, 0.15) is 18.8 Å². The molecular weight excluding hydrogens is 289 g/mol. The minimum atomic E-state index is -5.87. The van der Waals surface area contributed by atoms with Crippen LogP contribution >= 0.6 is 0 Å². The van der Waals surface area contributed by atoms with Crippen molar-refractivity contribution >= 4 is 16.1 Å². The van der Waals surface area contributed by atoms with E-state index >= 15 is 0 Å². The lowest BCUT2D eigenvalue weighted by Gasteiger charge is -2.18. The number of hydrogen-bond donors (Lipinski definition) is 0. The summed E-state index contributed by atoms with van der Waals surface area (Å²) in [7, 11) is -5.87. The van der Waals surface area contributed by atoms with Crippen LogP contribution in [0.25, 0.3) is 0 Å². The predicted octanol–water partition coefficient (Wildman–Crippen LogP) is 2.11. The van der Waals surface area contributed by atoms with Crippen LogP contribution in [0.2, 0.25) is 0 Å². The Morgan fingerprint density at radius 3 is 2.16 bits per heavy atom. The molecule has 1 rings (SSSR count). The van der Waals surface area contributed by atoms with Crippen molar-refractivity contribution in [3.05, 3.63) is 35.9 Å². The molecule has 5 nitrogen and oxygen atoms in total. The number of ether oxygens (including phenoxy) is 1. The van der Waals surface area contributed by atoms with Crippen molar-refractivity contribution in [3.8, 4) is 0 Å². The summed E-state index contributed by atoms with van der Waals surface area (Å²) in [6.07, 6.45) is -1.98. The molecule has 0 radical (unpaired) electrons. The van der Waals surface area contributed by atoms with Gasteiger partial charge in [0.2, 0.25) is 6.29 Å². The third kappa shape index (κ3) is 4.21. The molecule has 9 heteroatoms. The molecule has 0 aliphatic heterocycles. The van der Waals surface area contributed by atoms with Crippen LogP contribution in [-0.4, -0.2) is 19.9 Å². The topological polar surface area (TPSA) is 69.7 Å². The van der Waals surface area contributed by atoms with Crippen molar-refractivity contribution in [2.45, 2.75) is 18.7 Å².